The van der Waals surface area contributed by atoms with E-state index in [2.05, 4.69) is 24.1 Å². The minimum atomic E-state index is -0.112. The van der Waals surface area contributed by atoms with E-state index in [1.807, 2.05) is 11.8 Å². The summed E-state index contributed by atoms with van der Waals surface area (Å²) in [6.07, 6.45) is 0. The van der Waals surface area contributed by atoms with E-state index in [0.29, 0.717) is 31.8 Å². The van der Waals surface area contributed by atoms with Gasteiger partial charge in [-0.3, -0.25) is 9.59 Å². The van der Waals surface area contributed by atoms with Gasteiger partial charge >= 0.3 is 0 Å². The maximum Gasteiger partial charge on any atom is 0.254 e. The predicted molar refractivity (Wildman–Crippen MR) is 111 cm³/mol. The first-order chi connectivity index (χ1) is 13.6. The molecule has 28 heavy (non-hydrogen) atoms. The highest BCUT2D eigenvalue weighted by molar-refractivity contribution is 5.96. The molecule has 7 nitrogen and oxygen atoms in total. The number of nitrogens with one attached hydrogen (secondary N) is 1. The van der Waals surface area contributed by atoms with Gasteiger partial charge in [0.1, 0.15) is 12.3 Å². The lowest BCUT2D eigenvalue weighted by Crippen LogP contribution is -2.51. The summed E-state index contributed by atoms with van der Waals surface area (Å²) in [5.74, 6) is 0.643. The lowest BCUT2D eigenvalue weighted by Gasteiger charge is -2.31. The van der Waals surface area contributed by atoms with E-state index >= 15 is 0 Å². The van der Waals surface area contributed by atoms with Crippen molar-refractivity contribution in [2.45, 2.75) is 20.8 Å². The second-order valence-corrected chi connectivity index (χ2v) is 6.84. The van der Waals surface area contributed by atoms with Gasteiger partial charge in [0, 0.05) is 44.8 Å². The van der Waals surface area contributed by atoms with Crippen molar-refractivity contribution in [1.82, 2.24) is 20.0 Å². The van der Waals surface area contributed by atoms with Gasteiger partial charge in [-0.05, 0) is 44.3 Å². The number of hydrogen-bond acceptors (Lipinski definition) is 5. The van der Waals surface area contributed by atoms with Crippen LogP contribution in [0.25, 0.3) is 0 Å². The first-order valence-corrected chi connectivity index (χ1v) is 10.3. The number of likely N-dealkylation sites (N-methyl/N-ethyl adjacent to an activating group) is 1. The van der Waals surface area contributed by atoms with E-state index in [1.165, 1.54) is 0 Å². The third-order valence-electron chi connectivity index (χ3n) is 5.08. The topological polar surface area (TPSA) is 65.1 Å². The quantitative estimate of drug-likeness (QED) is 0.652. The number of hydrogen-bond donors (Lipinski definition) is 1. The Bertz CT molecular complexity index is 611. The van der Waals surface area contributed by atoms with Gasteiger partial charge < -0.3 is 24.8 Å². The Morgan fingerprint density at radius 2 is 1.68 bits per heavy atom. The predicted octanol–water partition coefficient (Wildman–Crippen LogP) is 1.30. The number of carbonyl (C=O) groups excluding carboxylic acids is 2. The van der Waals surface area contributed by atoms with Crippen molar-refractivity contribution in [3.63, 3.8) is 0 Å². The fourth-order valence-electron chi connectivity index (χ4n) is 3.27. The highest BCUT2D eigenvalue weighted by Crippen LogP contribution is 2.14. The van der Waals surface area contributed by atoms with Crippen LogP contribution in [0.1, 0.15) is 31.1 Å². The first kappa shape index (κ1) is 22.2. The van der Waals surface area contributed by atoms with E-state index in [4.69, 9.17) is 4.74 Å². The van der Waals surface area contributed by atoms with Crippen molar-refractivity contribution in [2.24, 2.45) is 0 Å². The molecular weight excluding hydrogens is 356 g/mol. The molecule has 7 heteroatoms. The molecule has 0 spiro atoms. The Kier molecular flexibility index (Phi) is 9.23. The maximum atomic E-state index is 13.1. The van der Waals surface area contributed by atoms with E-state index in [9.17, 15) is 9.59 Å². The molecule has 0 saturated carbocycles. The van der Waals surface area contributed by atoms with Crippen molar-refractivity contribution in [1.29, 1.82) is 0 Å². The SMILES string of the molecule is CCOc1ccc(C(=O)N(CCN(CC)CC)CC(=O)N2CCNCC2)cc1. The van der Waals surface area contributed by atoms with Gasteiger partial charge in [-0.15, -0.1) is 0 Å². The minimum absolute atomic E-state index is 0.0142. The Morgan fingerprint density at radius 3 is 2.25 bits per heavy atom. The fourth-order valence-corrected chi connectivity index (χ4v) is 3.27. The second kappa shape index (κ2) is 11.7. The first-order valence-electron chi connectivity index (χ1n) is 10.3. The Balaban J connectivity index is 2.08. The van der Waals surface area contributed by atoms with Crippen LogP contribution in [-0.4, -0.2) is 92.0 Å². The van der Waals surface area contributed by atoms with Crippen LogP contribution in [0.5, 0.6) is 5.75 Å². The summed E-state index contributed by atoms with van der Waals surface area (Å²) in [5, 5.41) is 3.25. The van der Waals surface area contributed by atoms with Crippen LogP contribution >= 0.6 is 0 Å². The molecule has 0 bridgehead atoms. The third-order valence-corrected chi connectivity index (χ3v) is 5.08. The van der Waals surface area contributed by atoms with Crippen LogP contribution in [-0.2, 0) is 4.79 Å². The van der Waals surface area contributed by atoms with Crippen LogP contribution in [0.3, 0.4) is 0 Å². The lowest BCUT2D eigenvalue weighted by atomic mass is 10.2. The van der Waals surface area contributed by atoms with Crippen molar-refractivity contribution in [3.8, 4) is 5.75 Å². The molecular formula is C21H34N4O3. The molecule has 1 aromatic rings. The van der Waals surface area contributed by atoms with Crippen molar-refractivity contribution < 1.29 is 14.3 Å². The normalized spacial score (nSPS) is 14.2. The Morgan fingerprint density at radius 1 is 1.04 bits per heavy atom. The van der Waals surface area contributed by atoms with E-state index in [1.54, 1.807) is 29.2 Å². The van der Waals surface area contributed by atoms with E-state index < -0.39 is 0 Å². The van der Waals surface area contributed by atoms with Crippen LogP contribution in [0, 0.1) is 0 Å². The molecule has 1 saturated heterocycles. The molecule has 1 fully saturated rings. The van der Waals surface area contributed by atoms with Gasteiger partial charge in [0.15, 0.2) is 0 Å². The second-order valence-electron chi connectivity index (χ2n) is 6.84. The largest absolute Gasteiger partial charge is 0.494 e. The average Bonchev–Trinajstić information content (AvgIpc) is 2.74. The summed E-state index contributed by atoms with van der Waals surface area (Å²) in [4.78, 5) is 31.6. The highest BCUT2D eigenvalue weighted by atomic mass is 16.5. The molecule has 0 radical (unpaired) electrons. The number of rotatable bonds is 10. The van der Waals surface area contributed by atoms with Crippen molar-refractivity contribution in [3.05, 3.63) is 29.8 Å². The fraction of sp³-hybridized carbons (Fsp3) is 0.619. The maximum absolute atomic E-state index is 13.1. The molecule has 0 unspecified atom stereocenters. The van der Waals surface area contributed by atoms with Gasteiger partial charge in [-0.2, -0.15) is 0 Å². The Labute approximate surface area is 168 Å². The van der Waals surface area contributed by atoms with Crippen LogP contribution in [0.2, 0.25) is 0 Å². The molecule has 1 heterocycles. The van der Waals surface area contributed by atoms with Crippen LogP contribution in [0.15, 0.2) is 24.3 Å². The summed E-state index contributed by atoms with van der Waals surface area (Å²) in [6.45, 7) is 13.0. The van der Waals surface area contributed by atoms with Gasteiger partial charge in [0.2, 0.25) is 5.91 Å². The lowest BCUT2D eigenvalue weighted by molar-refractivity contribution is -0.132. The standard InChI is InChI=1S/C21H34N4O3/c1-4-23(5-2)15-16-25(17-20(26)24-13-11-22-12-14-24)21(27)18-7-9-19(10-8-18)28-6-3/h7-10,22H,4-6,11-17H2,1-3H3. The van der Waals surface area contributed by atoms with Crippen LogP contribution in [0.4, 0.5) is 0 Å². The molecule has 0 atom stereocenters. The molecule has 1 aliphatic rings. The molecule has 2 rings (SSSR count). The summed E-state index contributed by atoms with van der Waals surface area (Å²) in [7, 11) is 0. The van der Waals surface area contributed by atoms with E-state index in [0.717, 1.165) is 38.5 Å². The molecule has 1 aromatic carbocycles. The number of piperazine rings is 1. The highest BCUT2D eigenvalue weighted by Gasteiger charge is 2.23. The Hall–Kier alpha value is -2.12. The summed E-state index contributed by atoms with van der Waals surface area (Å²) < 4.78 is 5.45. The molecule has 1 N–H and O–H groups in total. The summed E-state index contributed by atoms with van der Waals surface area (Å²) in [6, 6.07) is 7.15. The molecule has 2 amide bonds. The van der Waals surface area contributed by atoms with Gasteiger partial charge in [-0.25, -0.2) is 0 Å². The van der Waals surface area contributed by atoms with Crippen molar-refractivity contribution >= 4 is 11.8 Å². The zero-order valence-electron chi connectivity index (χ0n) is 17.4. The summed E-state index contributed by atoms with van der Waals surface area (Å²) in [5.41, 5.74) is 0.580. The number of nitrogens with zero attached hydrogens (tertiary/aromatic N) is 3. The zero-order valence-corrected chi connectivity index (χ0v) is 17.4. The third kappa shape index (κ3) is 6.49. The average molecular weight is 391 g/mol. The molecule has 0 aromatic heterocycles. The molecule has 0 aliphatic carbocycles. The van der Waals surface area contributed by atoms with Gasteiger partial charge in [-0.1, -0.05) is 13.8 Å². The zero-order chi connectivity index (χ0) is 20.4. The number of ether oxygens (including phenoxy) is 1. The number of benzene rings is 1. The monoisotopic (exact) mass is 390 g/mol. The van der Waals surface area contributed by atoms with E-state index in [-0.39, 0.29) is 18.4 Å². The molecule has 156 valence electrons. The molecule has 1 aliphatic heterocycles. The smallest absolute Gasteiger partial charge is 0.254 e. The van der Waals surface area contributed by atoms with Crippen LogP contribution < -0.4 is 10.1 Å². The van der Waals surface area contributed by atoms with Gasteiger partial charge in [0.05, 0.1) is 6.61 Å². The number of amides is 2. The van der Waals surface area contributed by atoms with Crippen molar-refractivity contribution in [2.75, 3.05) is 65.5 Å². The summed E-state index contributed by atoms with van der Waals surface area (Å²) >= 11 is 0. The number of carbonyl (C=O) groups is 2. The van der Waals surface area contributed by atoms with Gasteiger partial charge in [0.25, 0.3) is 5.91 Å². The minimum Gasteiger partial charge on any atom is -0.494 e.